The first-order valence-electron chi connectivity index (χ1n) is 6.39. The molecule has 1 atom stereocenters. The van der Waals surface area contributed by atoms with Gasteiger partial charge in [-0.1, -0.05) is 48.8 Å². The van der Waals surface area contributed by atoms with E-state index in [0.29, 0.717) is 5.56 Å². The SMILES string of the molecule is Cc1cccc(C(=O)NC(CCBr)C(C)(C)C)c1Br. The quantitative estimate of drug-likeness (QED) is 0.742. The van der Waals surface area contributed by atoms with Crippen LogP contribution >= 0.6 is 31.9 Å². The Morgan fingerprint density at radius 1 is 1.37 bits per heavy atom. The molecule has 1 N–H and O–H groups in total. The van der Waals surface area contributed by atoms with E-state index in [2.05, 4.69) is 57.9 Å². The maximum absolute atomic E-state index is 12.4. The van der Waals surface area contributed by atoms with Gasteiger partial charge in [-0.05, 0) is 46.3 Å². The van der Waals surface area contributed by atoms with Gasteiger partial charge in [0.2, 0.25) is 0 Å². The minimum atomic E-state index is -0.0172. The van der Waals surface area contributed by atoms with Crippen LogP contribution in [0.5, 0.6) is 0 Å². The standard InChI is InChI=1S/C15H21Br2NO/c1-10-6-5-7-11(13(10)17)14(19)18-12(8-9-16)15(2,3)4/h5-7,12H,8-9H2,1-4H3,(H,18,19). The van der Waals surface area contributed by atoms with E-state index in [1.165, 1.54) is 0 Å². The van der Waals surface area contributed by atoms with Crippen LogP contribution in [0.2, 0.25) is 0 Å². The number of aryl methyl sites for hydroxylation is 1. The van der Waals surface area contributed by atoms with E-state index in [1.54, 1.807) is 0 Å². The molecule has 19 heavy (non-hydrogen) atoms. The fourth-order valence-electron chi connectivity index (χ4n) is 1.89. The van der Waals surface area contributed by atoms with Crippen LogP contribution in [0.3, 0.4) is 0 Å². The smallest absolute Gasteiger partial charge is 0.252 e. The van der Waals surface area contributed by atoms with E-state index in [9.17, 15) is 4.79 Å². The largest absolute Gasteiger partial charge is 0.349 e. The second-order valence-corrected chi connectivity index (χ2v) is 7.39. The third kappa shape index (κ3) is 4.60. The molecule has 1 aromatic rings. The molecular weight excluding hydrogens is 370 g/mol. The summed E-state index contributed by atoms with van der Waals surface area (Å²) in [6, 6.07) is 5.89. The molecule has 106 valence electrons. The molecule has 0 aliphatic heterocycles. The number of halogens is 2. The van der Waals surface area contributed by atoms with E-state index < -0.39 is 0 Å². The zero-order chi connectivity index (χ0) is 14.6. The third-order valence-electron chi connectivity index (χ3n) is 3.18. The summed E-state index contributed by atoms with van der Waals surface area (Å²) in [5.41, 5.74) is 1.81. The van der Waals surface area contributed by atoms with Crippen LogP contribution in [0, 0.1) is 12.3 Å². The van der Waals surface area contributed by atoms with Crippen molar-refractivity contribution >= 4 is 37.8 Å². The molecular formula is C15H21Br2NO. The van der Waals surface area contributed by atoms with Gasteiger partial charge in [-0.2, -0.15) is 0 Å². The average molecular weight is 391 g/mol. The predicted molar refractivity (Wildman–Crippen MR) is 88.0 cm³/mol. The van der Waals surface area contributed by atoms with Crippen LogP contribution in [0.15, 0.2) is 22.7 Å². The number of carbonyl (C=O) groups excluding carboxylic acids is 1. The van der Waals surface area contributed by atoms with Crippen LogP contribution in [-0.2, 0) is 0 Å². The fourth-order valence-corrected chi connectivity index (χ4v) is 2.79. The highest BCUT2D eigenvalue weighted by Crippen LogP contribution is 2.25. The molecule has 0 bridgehead atoms. The van der Waals surface area contributed by atoms with E-state index in [-0.39, 0.29) is 17.4 Å². The lowest BCUT2D eigenvalue weighted by atomic mass is 9.85. The van der Waals surface area contributed by atoms with Gasteiger partial charge in [-0.15, -0.1) is 0 Å². The zero-order valence-electron chi connectivity index (χ0n) is 11.9. The molecule has 1 aromatic carbocycles. The van der Waals surface area contributed by atoms with E-state index in [4.69, 9.17) is 0 Å². The number of hydrogen-bond donors (Lipinski definition) is 1. The van der Waals surface area contributed by atoms with Crippen molar-refractivity contribution in [2.75, 3.05) is 5.33 Å². The second kappa shape index (κ2) is 6.89. The van der Waals surface area contributed by atoms with Crippen LogP contribution < -0.4 is 5.32 Å². The number of carbonyl (C=O) groups is 1. The first-order valence-corrected chi connectivity index (χ1v) is 8.30. The number of hydrogen-bond acceptors (Lipinski definition) is 1. The van der Waals surface area contributed by atoms with Crippen LogP contribution in [0.4, 0.5) is 0 Å². The molecule has 1 unspecified atom stereocenters. The fraction of sp³-hybridized carbons (Fsp3) is 0.533. The monoisotopic (exact) mass is 389 g/mol. The molecule has 0 aliphatic rings. The van der Waals surface area contributed by atoms with Gasteiger partial charge >= 0.3 is 0 Å². The average Bonchev–Trinajstić information content (AvgIpc) is 2.30. The van der Waals surface area contributed by atoms with Gasteiger partial charge in [-0.3, -0.25) is 4.79 Å². The highest BCUT2D eigenvalue weighted by atomic mass is 79.9. The number of alkyl halides is 1. The maximum Gasteiger partial charge on any atom is 0.252 e. The molecule has 0 spiro atoms. The van der Waals surface area contributed by atoms with Gasteiger partial charge in [0, 0.05) is 15.8 Å². The summed E-state index contributed by atoms with van der Waals surface area (Å²) < 4.78 is 0.874. The molecule has 0 saturated carbocycles. The predicted octanol–water partition coefficient (Wildman–Crippen LogP) is 4.69. The molecule has 2 nitrogen and oxygen atoms in total. The van der Waals surface area contributed by atoms with E-state index in [1.807, 2.05) is 25.1 Å². The molecule has 4 heteroatoms. The molecule has 0 aliphatic carbocycles. The summed E-state index contributed by atoms with van der Waals surface area (Å²) in [5.74, 6) is -0.0172. The van der Waals surface area contributed by atoms with Crippen molar-refractivity contribution in [3.63, 3.8) is 0 Å². The van der Waals surface area contributed by atoms with Crippen molar-refractivity contribution in [3.8, 4) is 0 Å². The zero-order valence-corrected chi connectivity index (χ0v) is 15.1. The van der Waals surface area contributed by atoms with Crippen molar-refractivity contribution in [3.05, 3.63) is 33.8 Å². The van der Waals surface area contributed by atoms with Gasteiger partial charge in [0.25, 0.3) is 5.91 Å². The lowest BCUT2D eigenvalue weighted by Crippen LogP contribution is -2.44. The van der Waals surface area contributed by atoms with Crippen LogP contribution in [0.1, 0.15) is 43.1 Å². The molecule has 0 saturated heterocycles. The highest BCUT2D eigenvalue weighted by Gasteiger charge is 2.26. The molecule has 0 fully saturated rings. The Hall–Kier alpha value is -0.350. The van der Waals surface area contributed by atoms with Crippen molar-refractivity contribution in [1.29, 1.82) is 0 Å². The molecule has 0 aromatic heterocycles. The number of nitrogens with one attached hydrogen (secondary N) is 1. The van der Waals surface area contributed by atoms with Crippen LogP contribution in [-0.4, -0.2) is 17.3 Å². The Bertz CT molecular complexity index is 452. The summed E-state index contributed by atoms with van der Waals surface area (Å²) in [7, 11) is 0. The topological polar surface area (TPSA) is 29.1 Å². The second-order valence-electron chi connectivity index (χ2n) is 5.81. The molecule has 0 radical (unpaired) electrons. The van der Waals surface area contributed by atoms with E-state index >= 15 is 0 Å². The van der Waals surface area contributed by atoms with Crippen LogP contribution in [0.25, 0.3) is 0 Å². The maximum atomic E-state index is 12.4. The summed E-state index contributed by atoms with van der Waals surface area (Å²) in [5, 5.41) is 4.02. The van der Waals surface area contributed by atoms with Crippen molar-refractivity contribution < 1.29 is 4.79 Å². The molecule has 1 amide bonds. The number of rotatable bonds is 4. The Kier molecular flexibility index (Phi) is 6.06. The Morgan fingerprint density at radius 3 is 2.53 bits per heavy atom. The lowest BCUT2D eigenvalue weighted by molar-refractivity contribution is 0.0900. The third-order valence-corrected chi connectivity index (χ3v) is 4.70. The first kappa shape index (κ1) is 16.7. The van der Waals surface area contributed by atoms with Crippen molar-refractivity contribution in [1.82, 2.24) is 5.32 Å². The van der Waals surface area contributed by atoms with Crippen molar-refractivity contribution in [2.45, 2.75) is 40.2 Å². The van der Waals surface area contributed by atoms with Gasteiger partial charge in [-0.25, -0.2) is 0 Å². The Labute approximate surface area is 132 Å². The van der Waals surface area contributed by atoms with Crippen molar-refractivity contribution in [2.24, 2.45) is 5.41 Å². The number of benzene rings is 1. The minimum absolute atomic E-state index is 0.0172. The summed E-state index contributed by atoms with van der Waals surface area (Å²) in [4.78, 5) is 12.4. The first-order chi connectivity index (χ1) is 8.77. The summed E-state index contributed by atoms with van der Waals surface area (Å²) in [6.45, 7) is 8.42. The Balaban J connectivity index is 2.91. The van der Waals surface area contributed by atoms with Gasteiger partial charge in [0.15, 0.2) is 0 Å². The summed E-state index contributed by atoms with van der Waals surface area (Å²) >= 11 is 6.94. The Morgan fingerprint density at radius 2 is 2.00 bits per heavy atom. The van der Waals surface area contributed by atoms with Gasteiger partial charge in [0.1, 0.15) is 0 Å². The summed E-state index contributed by atoms with van der Waals surface area (Å²) in [6.07, 6.45) is 0.915. The number of amides is 1. The normalized spacial score (nSPS) is 13.2. The minimum Gasteiger partial charge on any atom is -0.349 e. The van der Waals surface area contributed by atoms with E-state index in [0.717, 1.165) is 21.8 Å². The van der Waals surface area contributed by atoms with Gasteiger partial charge < -0.3 is 5.32 Å². The highest BCUT2D eigenvalue weighted by molar-refractivity contribution is 9.10. The molecule has 0 heterocycles. The lowest BCUT2D eigenvalue weighted by Gasteiger charge is -2.31. The molecule has 1 rings (SSSR count). The van der Waals surface area contributed by atoms with Gasteiger partial charge in [0.05, 0.1) is 5.56 Å².